The van der Waals surface area contributed by atoms with E-state index in [9.17, 15) is 5.11 Å². The van der Waals surface area contributed by atoms with E-state index in [1.54, 1.807) is 0 Å². The quantitative estimate of drug-likeness (QED) is 0.899. The van der Waals surface area contributed by atoms with Crippen LogP contribution in [0.25, 0.3) is 5.69 Å². The lowest BCUT2D eigenvalue weighted by molar-refractivity contribution is 0.275. The SMILES string of the molecule is CCCc1c(CO)nnn1-c1cc(C)ccc1C. The Kier molecular flexibility index (Phi) is 3.77. The van der Waals surface area contributed by atoms with Gasteiger partial charge in [0, 0.05) is 0 Å². The lowest BCUT2D eigenvalue weighted by atomic mass is 10.1. The maximum Gasteiger partial charge on any atom is 0.112 e. The van der Waals surface area contributed by atoms with Crippen LogP contribution in [0.2, 0.25) is 0 Å². The van der Waals surface area contributed by atoms with Gasteiger partial charge in [-0.25, -0.2) is 4.68 Å². The van der Waals surface area contributed by atoms with E-state index >= 15 is 0 Å². The second-order valence-electron chi connectivity index (χ2n) is 4.59. The molecule has 0 spiro atoms. The summed E-state index contributed by atoms with van der Waals surface area (Å²) in [6.07, 6.45) is 1.88. The highest BCUT2D eigenvalue weighted by atomic mass is 16.3. The number of aliphatic hydroxyl groups is 1. The van der Waals surface area contributed by atoms with Crippen molar-refractivity contribution < 1.29 is 5.11 Å². The molecule has 1 N–H and O–H groups in total. The van der Waals surface area contributed by atoms with Crippen LogP contribution in [0.15, 0.2) is 18.2 Å². The molecule has 0 atom stereocenters. The number of aryl methyl sites for hydroxylation is 2. The van der Waals surface area contributed by atoms with E-state index in [2.05, 4.69) is 49.3 Å². The highest BCUT2D eigenvalue weighted by molar-refractivity contribution is 5.43. The minimum absolute atomic E-state index is 0.0554. The minimum Gasteiger partial charge on any atom is -0.390 e. The van der Waals surface area contributed by atoms with Gasteiger partial charge in [-0.3, -0.25) is 0 Å². The van der Waals surface area contributed by atoms with Gasteiger partial charge in [-0.1, -0.05) is 30.7 Å². The first kappa shape index (κ1) is 12.8. The van der Waals surface area contributed by atoms with E-state index < -0.39 is 0 Å². The summed E-state index contributed by atoms with van der Waals surface area (Å²) < 4.78 is 1.86. The molecule has 0 unspecified atom stereocenters. The van der Waals surface area contributed by atoms with Gasteiger partial charge in [-0.05, 0) is 37.5 Å². The molecule has 0 bridgehead atoms. The molecule has 0 saturated heterocycles. The van der Waals surface area contributed by atoms with Gasteiger partial charge in [-0.15, -0.1) is 5.10 Å². The smallest absolute Gasteiger partial charge is 0.112 e. The number of hydrogen-bond donors (Lipinski definition) is 1. The molecule has 1 aromatic carbocycles. The molecule has 0 fully saturated rings. The standard InChI is InChI=1S/C14H19N3O/c1-4-5-13-12(9-18)15-16-17(13)14-8-10(2)6-7-11(14)3/h6-8,18H,4-5,9H2,1-3H3. The van der Waals surface area contributed by atoms with Crippen molar-refractivity contribution >= 4 is 0 Å². The third-order valence-electron chi connectivity index (χ3n) is 3.07. The summed E-state index contributed by atoms with van der Waals surface area (Å²) in [5.41, 5.74) is 5.09. The van der Waals surface area contributed by atoms with Crippen LogP contribution in [0.1, 0.15) is 35.9 Å². The van der Waals surface area contributed by atoms with Crippen LogP contribution in [0.3, 0.4) is 0 Å². The van der Waals surface area contributed by atoms with Crippen LogP contribution in [0.5, 0.6) is 0 Å². The Balaban J connectivity index is 2.56. The molecule has 2 rings (SSSR count). The second kappa shape index (κ2) is 5.31. The second-order valence-corrected chi connectivity index (χ2v) is 4.59. The Morgan fingerprint density at radius 1 is 1.28 bits per heavy atom. The summed E-state index contributed by atoms with van der Waals surface area (Å²) in [5.74, 6) is 0. The van der Waals surface area contributed by atoms with Crippen molar-refractivity contribution in [1.82, 2.24) is 15.0 Å². The van der Waals surface area contributed by atoms with E-state index in [0.717, 1.165) is 29.8 Å². The van der Waals surface area contributed by atoms with Gasteiger partial charge in [0.1, 0.15) is 5.69 Å². The molecule has 96 valence electrons. The molecule has 0 aliphatic heterocycles. The Labute approximate surface area is 107 Å². The number of aromatic nitrogens is 3. The first-order valence-electron chi connectivity index (χ1n) is 6.29. The fourth-order valence-corrected chi connectivity index (χ4v) is 2.08. The molecular formula is C14H19N3O. The molecule has 0 aliphatic carbocycles. The lowest BCUT2D eigenvalue weighted by Crippen LogP contribution is -2.06. The largest absolute Gasteiger partial charge is 0.390 e. The average Bonchev–Trinajstić information content (AvgIpc) is 2.76. The fourth-order valence-electron chi connectivity index (χ4n) is 2.08. The van der Waals surface area contributed by atoms with Crippen molar-refractivity contribution in [3.05, 3.63) is 40.7 Å². The Morgan fingerprint density at radius 2 is 2.06 bits per heavy atom. The maximum absolute atomic E-state index is 9.31. The van der Waals surface area contributed by atoms with E-state index in [-0.39, 0.29) is 6.61 Å². The van der Waals surface area contributed by atoms with Gasteiger partial charge in [0.15, 0.2) is 0 Å². The summed E-state index contributed by atoms with van der Waals surface area (Å²) >= 11 is 0. The summed E-state index contributed by atoms with van der Waals surface area (Å²) in [6, 6.07) is 6.27. The number of benzene rings is 1. The minimum atomic E-state index is -0.0554. The highest BCUT2D eigenvalue weighted by Crippen LogP contribution is 2.19. The van der Waals surface area contributed by atoms with Gasteiger partial charge >= 0.3 is 0 Å². The normalized spacial score (nSPS) is 10.9. The first-order chi connectivity index (χ1) is 8.67. The summed E-state index contributed by atoms with van der Waals surface area (Å²) in [6.45, 7) is 6.18. The number of hydrogen-bond acceptors (Lipinski definition) is 3. The van der Waals surface area contributed by atoms with E-state index in [4.69, 9.17) is 0 Å². The van der Waals surface area contributed by atoms with Gasteiger partial charge < -0.3 is 5.11 Å². The predicted octanol–water partition coefficient (Wildman–Crippen LogP) is 2.33. The Bertz CT molecular complexity index is 546. The lowest BCUT2D eigenvalue weighted by Gasteiger charge is -2.10. The van der Waals surface area contributed by atoms with Crippen molar-refractivity contribution in [2.45, 2.75) is 40.2 Å². The Hall–Kier alpha value is -1.68. The topological polar surface area (TPSA) is 50.9 Å². The summed E-state index contributed by atoms with van der Waals surface area (Å²) in [7, 11) is 0. The molecule has 0 saturated carbocycles. The van der Waals surface area contributed by atoms with Gasteiger partial charge in [0.05, 0.1) is 18.0 Å². The van der Waals surface area contributed by atoms with E-state index in [1.807, 2.05) is 4.68 Å². The van der Waals surface area contributed by atoms with Crippen molar-refractivity contribution in [2.24, 2.45) is 0 Å². The maximum atomic E-state index is 9.31. The monoisotopic (exact) mass is 245 g/mol. The molecule has 4 heteroatoms. The molecule has 0 aliphatic rings. The van der Waals surface area contributed by atoms with Crippen LogP contribution in [-0.4, -0.2) is 20.1 Å². The zero-order valence-electron chi connectivity index (χ0n) is 11.1. The average molecular weight is 245 g/mol. The van der Waals surface area contributed by atoms with Crippen molar-refractivity contribution in [2.75, 3.05) is 0 Å². The predicted molar refractivity (Wildman–Crippen MR) is 70.8 cm³/mol. The third kappa shape index (κ3) is 2.29. The zero-order chi connectivity index (χ0) is 13.1. The summed E-state index contributed by atoms with van der Waals surface area (Å²) in [4.78, 5) is 0. The van der Waals surface area contributed by atoms with Crippen molar-refractivity contribution in [3.8, 4) is 5.69 Å². The first-order valence-corrected chi connectivity index (χ1v) is 6.29. The van der Waals surface area contributed by atoms with Crippen LogP contribution < -0.4 is 0 Å². The fraction of sp³-hybridized carbons (Fsp3) is 0.429. The zero-order valence-corrected chi connectivity index (χ0v) is 11.1. The van der Waals surface area contributed by atoms with Crippen molar-refractivity contribution in [1.29, 1.82) is 0 Å². The highest BCUT2D eigenvalue weighted by Gasteiger charge is 2.14. The molecule has 18 heavy (non-hydrogen) atoms. The summed E-state index contributed by atoms with van der Waals surface area (Å²) in [5, 5.41) is 17.6. The molecule has 2 aromatic rings. The van der Waals surface area contributed by atoms with E-state index in [0.29, 0.717) is 5.69 Å². The number of rotatable bonds is 4. The van der Waals surface area contributed by atoms with Gasteiger partial charge in [0.2, 0.25) is 0 Å². The van der Waals surface area contributed by atoms with E-state index in [1.165, 1.54) is 5.56 Å². The molecule has 0 amide bonds. The van der Waals surface area contributed by atoms with Crippen LogP contribution in [-0.2, 0) is 13.0 Å². The third-order valence-corrected chi connectivity index (χ3v) is 3.07. The Morgan fingerprint density at radius 3 is 2.72 bits per heavy atom. The molecule has 4 nitrogen and oxygen atoms in total. The molecule has 1 heterocycles. The van der Waals surface area contributed by atoms with Crippen LogP contribution >= 0.6 is 0 Å². The van der Waals surface area contributed by atoms with Crippen molar-refractivity contribution in [3.63, 3.8) is 0 Å². The number of nitrogens with zero attached hydrogens (tertiary/aromatic N) is 3. The van der Waals surface area contributed by atoms with Gasteiger partial charge in [-0.2, -0.15) is 0 Å². The van der Waals surface area contributed by atoms with Gasteiger partial charge in [0.25, 0.3) is 0 Å². The number of aliphatic hydroxyl groups excluding tert-OH is 1. The van der Waals surface area contributed by atoms with Crippen LogP contribution in [0.4, 0.5) is 0 Å². The molecule has 1 aromatic heterocycles. The molecular weight excluding hydrogens is 226 g/mol. The van der Waals surface area contributed by atoms with Crippen LogP contribution in [0, 0.1) is 13.8 Å². The molecule has 0 radical (unpaired) electrons.